The topological polar surface area (TPSA) is 35.5 Å². The summed E-state index contributed by atoms with van der Waals surface area (Å²) in [6, 6.07) is 4.31. The Morgan fingerprint density at radius 1 is 1.50 bits per heavy atom. The fourth-order valence-corrected chi connectivity index (χ4v) is 1.97. The molecule has 0 saturated heterocycles. The molecule has 2 rings (SSSR count). The molecule has 2 unspecified atom stereocenters. The molecule has 18 heavy (non-hydrogen) atoms. The van der Waals surface area contributed by atoms with Crippen LogP contribution in [0.4, 0.5) is 4.39 Å². The van der Waals surface area contributed by atoms with Crippen molar-refractivity contribution < 1.29 is 18.7 Å². The summed E-state index contributed by atoms with van der Waals surface area (Å²) in [5.74, 6) is -0.557. The Morgan fingerprint density at radius 2 is 2.28 bits per heavy atom. The van der Waals surface area contributed by atoms with E-state index < -0.39 is 18.0 Å². The van der Waals surface area contributed by atoms with Gasteiger partial charge in [-0.1, -0.05) is 24.6 Å². The van der Waals surface area contributed by atoms with Crippen molar-refractivity contribution in [2.45, 2.75) is 32.0 Å². The third-order valence-corrected chi connectivity index (χ3v) is 3.04. The van der Waals surface area contributed by atoms with E-state index >= 15 is 0 Å². The number of benzene rings is 1. The number of carbonyl (C=O) groups excluding carboxylic acids is 1. The van der Waals surface area contributed by atoms with E-state index in [0.717, 1.165) is 6.42 Å². The molecule has 0 bridgehead atoms. The van der Waals surface area contributed by atoms with Gasteiger partial charge in [-0.3, -0.25) is 4.79 Å². The Kier molecular flexibility index (Phi) is 4.19. The highest BCUT2D eigenvalue weighted by Crippen LogP contribution is 2.32. The van der Waals surface area contributed by atoms with Crippen molar-refractivity contribution in [2.75, 3.05) is 6.61 Å². The Bertz CT molecular complexity index is 430. The fraction of sp³-hybridized carbons (Fsp3) is 0.462. The van der Waals surface area contributed by atoms with Gasteiger partial charge in [-0.25, -0.2) is 4.39 Å². The third kappa shape index (κ3) is 2.65. The molecular weight excluding hydrogens is 259 g/mol. The van der Waals surface area contributed by atoms with E-state index in [4.69, 9.17) is 21.1 Å². The van der Waals surface area contributed by atoms with E-state index in [1.54, 1.807) is 6.07 Å². The standard InChI is InChI=1S/C13H14ClFO3/c1-2-6-17-13-10(16)7-11(13)18-12-8(14)4-3-5-9(12)15/h3-5,11,13H,2,6-7H2,1H3. The predicted molar refractivity (Wildman–Crippen MR) is 65.5 cm³/mol. The zero-order chi connectivity index (χ0) is 13.1. The second kappa shape index (κ2) is 5.67. The third-order valence-electron chi connectivity index (χ3n) is 2.75. The zero-order valence-electron chi connectivity index (χ0n) is 9.99. The summed E-state index contributed by atoms with van der Waals surface area (Å²) >= 11 is 5.85. The summed E-state index contributed by atoms with van der Waals surface area (Å²) in [7, 11) is 0. The summed E-state index contributed by atoms with van der Waals surface area (Å²) in [5.41, 5.74) is 0. The number of Topliss-reactive ketones (excluding diaryl/α,β-unsaturated/α-hetero) is 1. The molecule has 3 nitrogen and oxygen atoms in total. The van der Waals surface area contributed by atoms with Gasteiger partial charge in [0.25, 0.3) is 0 Å². The van der Waals surface area contributed by atoms with Crippen molar-refractivity contribution >= 4 is 17.4 Å². The van der Waals surface area contributed by atoms with Crippen LogP contribution in [0, 0.1) is 5.82 Å². The SMILES string of the molecule is CCCOC1C(=O)CC1Oc1c(F)cccc1Cl. The predicted octanol–water partition coefficient (Wildman–Crippen LogP) is 2.99. The second-order valence-electron chi connectivity index (χ2n) is 4.17. The minimum absolute atomic E-state index is 0.0123. The largest absolute Gasteiger partial charge is 0.482 e. The van der Waals surface area contributed by atoms with Gasteiger partial charge in [0.15, 0.2) is 23.5 Å². The summed E-state index contributed by atoms with van der Waals surface area (Å²) in [4.78, 5) is 11.4. The van der Waals surface area contributed by atoms with E-state index in [1.807, 2.05) is 6.92 Å². The van der Waals surface area contributed by atoms with Gasteiger partial charge < -0.3 is 9.47 Å². The van der Waals surface area contributed by atoms with Crippen molar-refractivity contribution in [1.29, 1.82) is 0 Å². The first-order chi connectivity index (χ1) is 8.63. The molecule has 2 atom stereocenters. The summed E-state index contributed by atoms with van der Waals surface area (Å²) < 4.78 is 24.3. The van der Waals surface area contributed by atoms with Crippen molar-refractivity contribution in [2.24, 2.45) is 0 Å². The van der Waals surface area contributed by atoms with Gasteiger partial charge in [0.1, 0.15) is 6.10 Å². The average molecular weight is 273 g/mol. The lowest BCUT2D eigenvalue weighted by molar-refractivity contribution is -0.155. The highest BCUT2D eigenvalue weighted by atomic mass is 35.5. The average Bonchev–Trinajstić information content (AvgIpc) is 2.33. The monoisotopic (exact) mass is 272 g/mol. The Morgan fingerprint density at radius 3 is 2.89 bits per heavy atom. The summed E-state index contributed by atoms with van der Waals surface area (Å²) in [6.45, 7) is 2.44. The lowest BCUT2D eigenvalue weighted by Crippen LogP contribution is -2.52. The smallest absolute Gasteiger partial charge is 0.174 e. The number of carbonyl (C=O) groups is 1. The number of ketones is 1. The lowest BCUT2D eigenvalue weighted by Gasteiger charge is -2.34. The van der Waals surface area contributed by atoms with Gasteiger partial charge in [-0.2, -0.15) is 0 Å². The molecule has 1 aromatic rings. The van der Waals surface area contributed by atoms with Gasteiger partial charge in [-0.05, 0) is 18.6 Å². The van der Waals surface area contributed by atoms with Gasteiger partial charge >= 0.3 is 0 Å². The first-order valence-corrected chi connectivity index (χ1v) is 6.26. The highest BCUT2D eigenvalue weighted by molar-refractivity contribution is 6.32. The minimum atomic E-state index is -0.597. The molecule has 0 spiro atoms. The molecule has 1 aliphatic carbocycles. The minimum Gasteiger partial charge on any atom is -0.482 e. The maximum Gasteiger partial charge on any atom is 0.174 e. The molecule has 0 N–H and O–H groups in total. The van der Waals surface area contributed by atoms with Crippen LogP contribution in [-0.2, 0) is 9.53 Å². The molecule has 1 fully saturated rings. The van der Waals surface area contributed by atoms with E-state index in [1.165, 1.54) is 12.1 Å². The van der Waals surface area contributed by atoms with E-state index in [2.05, 4.69) is 0 Å². The maximum absolute atomic E-state index is 13.5. The molecule has 98 valence electrons. The van der Waals surface area contributed by atoms with Crippen molar-refractivity contribution in [3.63, 3.8) is 0 Å². The molecule has 0 aromatic heterocycles. The number of hydrogen-bond donors (Lipinski definition) is 0. The van der Waals surface area contributed by atoms with Crippen molar-refractivity contribution in [1.82, 2.24) is 0 Å². The van der Waals surface area contributed by atoms with Gasteiger partial charge in [0, 0.05) is 13.0 Å². The van der Waals surface area contributed by atoms with Crippen LogP contribution in [0.3, 0.4) is 0 Å². The number of halogens is 2. The molecule has 1 saturated carbocycles. The zero-order valence-corrected chi connectivity index (χ0v) is 10.7. The first kappa shape index (κ1) is 13.3. The molecule has 1 aliphatic rings. The van der Waals surface area contributed by atoms with Crippen LogP contribution in [0.5, 0.6) is 5.75 Å². The summed E-state index contributed by atoms with van der Waals surface area (Å²) in [6.07, 6.45) is 0.00906. The Balaban J connectivity index is 2.03. The molecule has 0 amide bonds. The quantitative estimate of drug-likeness (QED) is 0.827. The normalized spacial score (nSPS) is 22.7. The second-order valence-corrected chi connectivity index (χ2v) is 4.58. The highest BCUT2D eigenvalue weighted by Gasteiger charge is 2.43. The van der Waals surface area contributed by atoms with Crippen LogP contribution in [0.15, 0.2) is 18.2 Å². The van der Waals surface area contributed by atoms with E-state index in [-0.39, 0.29) is 23.0 Å². The number of para-hydroxylation sites is 1. The van der Waals surface area contributed by atoms with Crippen LogP contribution >= 0.6 is 11.6 Å². The summed E-state index contributed by atoms with van der Waals surface area (Å²) in [5, 5.41) is 0.198. The first-order valence-electron chi connectivity index (χ1n) is 5.88. The number of ether oxygens (including phenoxy) is 2. The molecule has 5 heteroatoms. The van der Waals surface area contributed by atoms with Crippen LogP contribution in [0.1, 0.15) is 19.8 Å². The fourth-order valence-electron chi connectivity index (χ4n) is 1.76. The van der Waals surface area contributed by atoms with Crippen LogP contribution in [0.2, 0.25) is 5.02 Å². The van der Waals surface area contributed by atoms with Crippen molar-refractivity contribution in [3.8, 4) is 5.75 Å². The van der Waals surface area contributed by atoms with E-state index in [0.29, 0.717) is 6.61 Å². The molecular formula is C13H14ClFO3. The van der Waals surface area contributed by atoms with Gasteiger partial charge in [-0.15, -0.1) is 0 Å². The molecule has 1 aromatic carbocycles. The lowest BCUT2D eigenvalue weighted by atomic mass is 9.90. The van der Waals surface area contributed by atoms with Crippen molar-refractivity contribution in [3.05, 3.63) is 29.0 Å². The van der Waals surface area contributed by atoms with Gasteiger partial charge in [0.05, 0.1) is 5.02 Å². The maximum atomic E-state index is 13.5. The number of rotatable bonds is 5. The molecule has 0 heterocycles. The van der Waals surface area contributed by atoms with Crippen LogP contribution in [-0.4, -0.2) is 24.6 Å². The number of hydrogen-bond acceptors (Lipinski definition) is 3. The Labute approximate surface area is 110 Å². The van der Waals surface area contributed by atoms with Crippen LogP contribution in [0.25, 0.3) is 0 Å². The van der Waals surface area contributed by atoms with Crippen LogP contribution < -0.4 is 4.74 Å². The van der Waals surface area contributed by atoms with E-state index in [9.17, 15) is 9.18 Å². The Hall–Kier alpha value is -1.13. The van der Waals surface area contributed by atoms with Gasteiger partial charge in [0.2, 0.25) is 0 Å². The molecule has 0 aliphatic heterocycles. The molecule has 0 radical (unpaired) electrons.